The fourth-order valence-corrected chi connectivity index (χ4v) is 2.93. The molecule has 1 N–H and O–H groups in total. The first-order chi connectivity index (χ1) is 8.27. The second-order valence-corrected chi connectivity index (χ2v) is 5.72. The van der Waals surface area contributed by atoms with Crippen molar-refractivity contribution in [3.05, 3.63) is 0 Å². The number of nitrogens with zero attached hydrogens (tertiary/aromatic N) is 1. The molecule has 0 bridgehead atoms. The van der Waals surface area contributed by atoms with E-state index in [1.807, 2.05) is 0 Å². The molecule has 0 aromatic carbocycles. The highest BCUT2D eigenvalue weighted by molar-refractivity contribution is 4.76. The van der Waals surface area contributed by atoms with E-state index in [-0.39, 0.29) is 0 Å². The van der Waals surface area contributed by atoms with Gasteiger partial charge in [-0.3, -0.25) is 0 Å². The van der Waals surface area contributed by atoms with Crippen molar-refractivity contribution in [3.8, 4) is 0 Å². The molecule has 0 aliphatic carbocycles. The fraction of sp³-hybridized carbons (Fsp3) is 1.00. The van der Waals surface area contributed by atoms with Crippen molar-refractivity contribution in [2.45, 2.75) is 65.3 Å². The number of hydrogen-bond donors (Lipinski definition) is 1. The summed E-state index contributed by atoms with van der Waals surface area (Å²) in [5, 5.41) is 3.55. The van der Waals surface area contributed by atoms with Crippen molar-refractivity contribution < 1.29 is 0 Å². The van der Waals surface area contributed by atoms with E-state index in [9.17, 15) is 0 Å². The molecule has 1 rings (SSSR count). The first kappa shape index (κ1) is 15.0. The second kappa shape index (κ2) is 8.93. The molecular weight excluding hydrogens is 208 g/mol. The van der Waals surface area contributed by atoms with Gasteiger partial charge in [0.25, 0.3) is 0 Å². The Hall–Kier alpha value is -0.0800. The Morgan fingerprint density at radius 3 is 2.76 bits per heavy atom. The Morgan fingerprint density at radius 2 is 2.06 bits per heavy atom. The molecule has 2 heteroatoms. The summed E-state index contributed by atoms with van der Waals surface area (Å²) in [6, 6.07) is 0.853. The van der Waals surface area contributed by atoms with E-state index in [1.54, 1.807) is 0 Å². The summed E-state index contributed by atoms with van der Waals surface area (Å²) in [7, 11) is 0. The van der Waals surface area contributed by atoms with Gasteiger partial charge < -0.3 is 10.2 Å². The summed E-state index contributed by atoms with van der Waals surface area (Å²) in [6.07, 6.45) is 8.29. The topological polar surface area (TPSA) is 15.3 Å². The first-order valence-corrected chi connectivity index (χ1v) is 7.72. The van der Waals surface area contributed by atoms with E-state index in [4.69, 9.17) is 0 Å². The predicted octanol–water partition coefficient (Wildman–Crippen LogP) is 3.28. The molecular formula is C15H32N2. The maximum absolute atomic E-state index is 3.55. The fourth-order valence-electron chi connectivity index (χ4n) is 2.93. The molecule has 0 aromatic rings. The lowest BCUT2D eigenvalue weighted by molar-refractivity contribution is 0.168. The van der Waals surface area contributed by atoms with Crippen LogP contribution in [0, 0.1) is 5.92 Å². The average Bonchev–Trinajstić information content (AvgIpc) is 2.54. The van der Waals surface area contributed by atoms with Gasteiger partial charge in [0.2, 0.25) is 0 Å². The Bertz CT molecular complexity index is 182. The maximum atomic E-state index is 3.55. The highest BCUT2D eigenvalue weighted by atomic mass is 15.2. The van der Waals surface area contributed by atoms with Crippen LogP contribution in [-0.2, 0) is 0 Å². The van der Waals surface area contributed by atoms with E-state index in [2.05, 4.69) is 31.0 Å². The third-order valence-corrected chi connectivity index (χ3v) is 3.94. The molecule has 0 spiro atoms. The molecule has 2 nitrogen and oxygen atoms in total. The lowest BCUT2D eigenvalue weighted by Crippen LogP contribution is -2.40. The smallest absolute Gasteiger partial charge is 0.00927 e. The SMILES string of the molecule is CCCNCC(C)CN1CCCCCC1CC. The van der Waals surface area contributed by atoms with Crippen LogP contribution in [0.3, 0.4) is 0 Å². The Kier molecular flexibility index (Phi) is 7.87. The Morgan fingerprint density at radius 1 is 1.24 bits per heavy atom. The normalized spacial score (nSPS) is 24.5. The molecule has 17 heavy (non-hydrogen) atoms. The summed E-state index contributed by atoms with van der Waals surface area (Å²) < 4.78 is 0. The van der Waals surface area contributed by atoms with Gasteiger partial charge in [-0.2, -0.15) is 0 Å². The monoisotopic (exact) mass is 240 g/mol. The van der Waals surface area contributed by atoms with Gasteiger partial charge in [-0.15, -0.1) is 0 Å². The van der Waals surface area contributed by atoms with Crippen molar-refractivity contribution in [2.75, 3.05) is 26.2 Å². The number of rotatable bonds is 7. The minimum atomic E-state index is 0.786. The van der Waals surface area contributed by atoms with Gasteiger partial charge in [0.1, 0.15) is 0 Å². The van der Waals surface area contributed by atoms with Crippen LogP contribution in [0.4, 0.5) is 0 Å². The van der Waals surface area contributed by atoms with Crippen LogP contribution in [-0.4, -0.2) is 37.1 Å². The van der Waals surface area contributed by atoms with E-state index in [0.29, 0.717) is 0 Å². The number of nitrogens with one attached hydrogen (secondary N) is 1. The molecule has 102 valence electrons. The van der Waals surface area contributed by atoms with Crippen LogP contribution >= 0.6 is 0 Å². The molecule has 2 unspecified atom stereocenters. The van der Waals surface area contributed by atoms with Crippen molar-refractivity contribution in [2.24, 2.45) is 5.92 Å². The lowest BCUT2D eigenvalue weighted by atomic mass is 10.1. The highest BCUT2D eigenvalue weighted by Gasteiger charge is 2.20. The first-order valence-electron chi connectivity index (χ1n) is 7.72. The molecule has 1 fully saturated rings. The van der Waals surface area contributed by atoms with Gasteiger partial charge in [-0.1, -0.05) is 33.6 Å². The van der Waals surface area contributed by atoms with Crippen LogP contribution in [0.25, 0.3) is 0 Å². The number of likely N-dealkylation sites (tertiary alicyclic amines) is 1. The van der Waals surface area contributed by atoms with E-state index in [0.717, 1.165) is 12.0 Å². The largest absolute Gasteiger partial charge is 0.316 e. The summed E-state index contributed by atoms with van der Waals surface area (Å²) in [5.74, 6) is 0.786. The molecule has 1 aliphatic rings. The minimum Gasteiger partial charge on any atom is -0.316 e. The van der Waals surface area contributed by atoms with Crippen LogP contribution in [0.15, 0.2) is 0 Å². The highest BCUT2D eigenvalue weighted by Crippen LogP contribution is 2.20. The predicted molar refractivity (Wildman–Crippen MR) is 76.4 cm³/mol. The zero-order chi connectivity index (χ0) is 12.5. The maximum Gasteiger partial charge on any atom is 0.00927 e. The lowest BCUT2D eigenvalue weighted by Gasteiger charge is -2.31. The zero-order valence-electron chi connectivity index (χ0n) is 12.2. The van der Waals surface area contributed by atoms with Crippen molar-refractivity contribution in [1.29, 1.82) is 0 Å². The molecule has 0 aromatic heterocycles. The van der Waals surface area contributed by atoms with Gasteiger partial charge >= 0.3 is 0 Å². The quantitative estimate of drug-likeness (QED) is 0.687. The minimum absolute atomic E-state index is 0.786. The van der Waals surface area contributed by atoms with Crippen LogP contribution in [0.5, 0.6) is 0 Å². The molecule has 0 amide bonds. The third kappa shape index (κ3) is 5.87. The van der Waals surface area contributed by atoms with Crippen molar-refractivity contribution >= 4 is 0 Å². The summed E-state index contributed by atoms with van der Waals surface area (Å²) in [4.78, 5) is 2.76. The molecule has 0 saturated carbocycles. The average molecular weight is 240 g/mol. The zero-order valence-corrected chi connectivity index (χ0v) is 12.2. The second-order valence-electron chi connectivity index (χ2n) is 5.72. The van der Waals surface area contributed by atoms with Crippen LogP contribution in [0.2, 0.25) is 0 Å². The van der Waals surface area contributed by atoms with Gasteiger partial charge in [0.15, 0.2) is 0 Å². The molecule has 1 aliphatic heterocycles. The summed E-state index contributed by atoms with van der Waals surface area (Å²) >= 11 is 0. The van der Waals surface area contributed by atoms with E-state index < -0.39 is 0 Å². The number of hydrogen-bond acceptors (Lipinski definition) is 2. The van der Waals surface area contributed by atoms with E-state index >= 15 is 0 Å². The molecule has 0 radical (unpaired) electrons. The van der Waals surface area contributed by atoms with Gasteiger partial charge in [0.05, 0.1) is 0 Å². The molecule has 2 atom stereocenters. The van der Waals surface area contributed by atoms with Crippen LogP contribution < -0.4 is 5.32 Å². The third-order valence-electron chi connectivity index (χ3n) is 3.94. The molecule has 1 saturated heterocycles. The summed E-state index contributed by atoms with van der Waals surface area (Å²) in [6.45, 7) is 11.9. The van der Waals surface area contributed by atoms with Crippen LogP contribution in [0.1, 0.15) is 59.3 Å². The van der Waals surface area contributed by atoms with Crippen molar-refractivity contribution in [3.63, 3.8) is 0 Å². The molecule has 1 heterocycles. The Labute approximate surface area is 108 Å². The summed E-state index contributed by atoms with van der Waals surface area (Å²) in [5.41, 5.74) is 0. The van der Waals surface area contributed by atoms with Gasteiger partial charge in [-0.25, -0.2) is 0 Å². The van der Waals surface area contributed by atoms with E-state index in [1.165, 1.54) is 64.7 Å². The van der Waals surface area contributed by atoms with Gasteiger partial charge in [-0.05, 0) is 51.2 Å². The van der Waals surface area contributed by atoms with Crippen molar-refractivity contribution in [1.82, 2.24) is 10.2 Å². The van der Waals surface area contributed by atoms with Gasteiger partial charge in [0, 0.05) is 12.6 Å². The Balaban J connectivity index is 2.30. The standard InChI is InChI=1S/C15H32N2/c1-4-10-16-12-14(3)13-17-11-8-6-7-9-15(17)5-2/h14-16H,4-13H2,1-3H3.